The maximum Gasteiger partial charge on any atom is 0.423 e. The molecule has 1 heterocycles. The van der Waals surface area contributed by atoms with E-state index in [9.17, 15) is 22.7 Å². The first kappa shape index (κ1) is 17.6. The Bertz CT molecular complexity index is 723. The fourth-order valence-corrected chi connectivity index (χ4v) is 2.67. The zero-order valence-electron chi connectivity index (χ0n) is 12.2. The van der Waals surface area contributed by atoms with Crippen LogP contribution in [0, 0.1) is 12.7 Å². The topological polar surface area (TPSA) is 46.0 Å². The summed E-state index contributed by atoms with van der Waals surface area (Å²) >= 11 is 5.84. The molecule has 124 valence electrons. The monoisotopic (exact) mass is 348 g/mol. The predicted molar refractivity (Wildman–Crippen MR) is 76.5 cm³/mol. The number of aryl methyl sites for hydroxylation is 1. The van der Waals surface area contributed by atoms with Crippen molar-refractivity contribution in [2.75, 3.05) is 0 Å². The number of benzene rings is 1. The summed E-state index contributed by atoms with van der Waals surface area (Å²) < 4.78 is 54.0. The van der Waals surface area contributed by atoms with Crippen LogP contribution >= 0.6 is 11.6 Å². The van der Waals surface area contributed by atoms with E-state index in [0.717, 1.165) is 31.3 Å². The molecule has 0 radical (unpaired) electrons. The van der Waals surface area contributed by atoms with Crippen molar-refractivity contribution in [2.45, 2.75) is 31.5 Å². The zero-order valence-corrected chi connectivity index (χ0v) is 13.0. The molecular weight excluding hydrogens is 336 g/mol. The van der Waals surface area contributed by atoms with E-state index < -0.39 is 29.2 Å². The Morgan fingerprint density at radius 3 is 2.39 bits per heavy atom. The van der Waals surface area contributed by atoms with Crippen molar-refractivity contribution in [1.82, 2.24) is 9.97 Å². The molecule has 1 aromatic carbocycles. The van der Waals surface area contributed by atoms with Crippen LogP contribution in [-0.2, 0) is 5.60 Å². The highest BCUT2D eigenvalue weighted by Crippen LogP contribution is 2.48. The number of hydrogen-bond acceptors (Lipinski definition) is 3. The van der Waals surface area contributed by atoms with Crippen LogP contribution in [0.15, 0.2) is 30.6 Å². The molecule has 0 aliphatic rings. The van der Waals surface area contributed by atoms with Gasteiger partial charge < -0.3 is 5.11 Å². The number of hydrogen-bond donors (Lipinski definition) is 1. The third-order valence-electron chi connectivity index (χ3n) is 3.63. The van der Waals surface area contributed by atoms with Gasteiger partial charge in [0.1, 0.15) is 11.5 Å². The zero-order chi connectivity index (χ0) is 17.4. The Kier molecular flexibility index (Phi) is 4.64. The maximum atomic E-state index is 13.6. The van der Waals surface area contributed by atoms with Crippen molar-refractivity contribution < 1.29 is 22.7 Å². The van der Waals surface area contributed by atoms with Gasteiger partial charge in [0.2, 0.25) is 5.60 Å². The van der Waals surface area contributed by atoms with E-state index in [4.69, 9.17) is 11.6 Å². The van der Waals surface area contributed by atoms with Crippen LogP contribution in [0.1, 0.15) is 29.8 Å². The fourth-order valence-electron chi connectivity index (χ4n) is 2.34. The number of aromatic nitrogens is 2. The number of nitrogens with zero attached hydrogens (tertiary/aromatic N) is 2. The highest BCUT2D eigenvalue weighted by Gasteiger charge is 2.60. The van der Waals surface area contributed by atoms with Crippen molar-refractivity contribution in [2.24, 2.45) is 0 Å². The Hall–Kier alpha value is -1.73. The van der Waals surface area contributed by atoms with Crippen LogP contribution in [0.3, 0.4) is 0 Å². The van der Waals surface area contributed by atoms with Gasteiger partial charge in [0.25, 0.3) is 0 Å². The summed E-state index contributed by atoms with van der Waals surface area (Å²) in [6.07, 6.45) is -2.91. The third-order valence-corrected chi connectivity index (χ3v) is 3.96. The second-order valence-corrected chi connectivity index (χ2v) is 5.60. The Morgan fingerprint density at radius 2 is 1.87 bits per heavy atom. The Balaban J connectivity index is 2.63. The minimum atomic E-state index is -5.04. The first-order valence-electron chi connectivity index (χ1n) is 6.60. The average Bonchev–Trinajstić information content (AvgIpc) is 2.44. The number of halogens is 5. The molecule has 1 aromatic heterocycles. The van der Waals surface area contributed by atoms with Gasteiger partial charge in [-0.15, -0.1) is 0 Å². The van der Waals surface area contributed by atoms with Crippen LogP contribution in [0.2, 0.25) is 5.02 Å². The molecule has 2 rings (SSSR count). The quantitative estimate of drug-likeness (QED) is 0.848. The molecule has 2 atom stereocenters. The number of rotatable bonds is 3. The van der Waals surface area contributed by atoms with E-state index in [0.29, 0.717) is 0 Å². The number of aliphatic hydroxyl groups is 1. The van der Waals surface area contributed by atoms with Crippen LogP contribution in [0.4, 0.5) is 17.6 Å². The maximum absolute atomic E-state index is 13.6. The molecule has 0 saturated carbocycles. The summed E-state index contributed by atoms with van der Waals surface area (Å²) in [4.78, 5) is 7.42. The first-order valence-corrected chi connectivity index (χ1v) is 6.98. The van der Waals surface area contributed by atoms with Crippen molar-refractivity contribution in [3.63, 3.8) is 0 Å². The van der Waals surface area contributed by atoms with Gasteiger partial charge in [-0.1, -0.05) is 24.6 Å². The van der Waals surface area contributed by atoms with Gasteiger partial charge in [0, 0.05) is 17.1 Å². The summed E-state index contributed by atoms with van der Waals surface area (Å²) in [5.74, 6) is -2.21. The molecular formula is C15H13ClF4N2O. The van der Waals surface area contributed by atoms with Crippen LogP contribution < -0.4 is 0 Å². The molecule has 0 amide bonds. The lowest BCUT2D eigenvalue weighted by Crippen LogP contribution is -2.47. The summed E-state index contributed by atoms with van der Waals surface area (Å²) in [5, 5.41) is 10.3. The lowest BCUT2D eigenvalue weighted by atomic mass is 9.80. The number of alkyl halides is 3. The lowest BCUT2D eigenvalue weighted by molar-refractivity contribution is -0.276. The normalized spacial score (nSPS) is 16.0. The fraction of sp³-hybridized carbons (Fsp3) is 0.333. The average molecular weight is 349 g/mol. The SMILES string of the molecule is Cc1cncc(C(O)(C(C)c2ccc(F)cc2Cl)C(F)(F)F)n1. The lowest BCUT2D eigenvalue weighted by Gasteiger charge is -2.35. The summed E-state index contributed by atoms with van der Waals surface area (Å²) in [6.45, 7) is 2.61. The van der Waals surface area contributed by atoms with E-state index in [1.807, 2.05) is 0 Å². The minimum Gasteiger partial charge on any atom is -0.375 e. The summed E-state index contributed by atoms with van der Waals surface area (Å²) in [7, 11) is 0. The molecule has 0 aliphatic heterocycles. The molecule has 0 aliphatic carbocycles. The van der Waals surface area contributed by atoms with Gasteiger partial charge in [-0.05, 0) is 24.6 Å². The van der Waals surface area contributed by atoms with Gasteiger partial charge in [0.05, 0.1) is 11.9 Å². The van der Waals surface area contributed by atoms with Crippen molar-refractivity contribution in [3.8, 4) is 0 Å². The molecule has 3 nitrogen and oxygen atoms in total. The molecule has 8 heteroatoms. The van der Waals surface area contributed by atoms with Gasteiger partial charge in [0.15, 0.2) is 0 Å². The predicted octanol–water partition coefficient (Wildman–Crippen LogP) is 4.13. The van der Waals surface area contributed by atoms with Crippen molar-refractivity contribution >= 4 is 11.6 Å². The standard InChI is InChI=1S/C15H13ClF4N2O/c1-8-6-21-7-13(22-8)14(23,15(18,19)20)9(2)11-4-3-10(17)5-12(11)16/h3-7,9,23H,1-2H3. The molecule has 0 bridgehead atoms. The first-order chi connectivity index (χ1) is 10.6. The minimum absolute atomic E-state index is 0.0452. The van der Waals surface area contributed by atoms with Crippen molar-refractivity contribution in [1.29, 1.82) is 0 Å². The highest BCUT2D eigenvalue weighted by molar-refractivity contribution is 6.31. The van der Waals surface area contributed by atoms with E-state index in [1.54, 1.807) is 0 Å². The van der Waals surface area contributed by atoms with Gasteiger partial charge >= 0.3 is 6.18 Å². The molecule has 2 unspecified atom stereocenters. The second kappa shape index (κ2) is 6.05. The molecule has 23 heavy (non-hydrogen) atoms. The third kappa shape index (κ3) is 3.16. The van der Waals surface area contributed by atoms with E-state index in [2.05, 4.69) is 9.97 Å². The Labute approximate surface area is 135 Å². The van der Waals surface area contributed by atoms with Gasteiger partial charge in [-0.3, -0.25) is 9.97 Å². The molecule has 2 aromatic rings. The highest BCUT2D eigenvalue weighted by atomic mass is 35.5. The van der Waals surface area contributed by atoms with Crippen LogP contribution in [0.5, 0.6) is 0 Å². The van der Waals surface area contributed by atoms with Gasteiger partial charge in [-0.2, -0.15) is 13.2 Å². The summed E-state index contributed by atoms with van der Waals surface area (Å²) in [5.41, 5.74) is -3.77. The Morgan fingerprint density at radius 1 is 1.22 bits per heavy atom. The van der Waals surface area contributed by atoms with Crippen LogP contribution in [0.25, 0.3) is 0 Å². The molecule has 1 N–H and O–H groups in total. The molecule has 0 spiro atoms. The largest absolute Gasteiger partial charge is 0.423 e. The summed E-state index contributed by atoms with van der Waals surface area (Å²) in [6, 6.07) is 2.99. The van der Waals surface area contributed by atoms with E-state index in [-0.39, 0.29) is 16.3 Å². The van der Waals surface area contributed by atoms with Crippen molar-refractivity contribution in [3.05, 3.63) is 58.4 Å². The molecule has 0 fully saturated rings. The van der Waals surface area contributed by atoms with Crippen LogP contribution in [-0.4, -0.2) is 21.3 Å². The second-order valence-electron chi connectivity index (χ2n) is 5.20. The van der Waals surface area contributed by atoms with E-state index >= 15 is 0 Å². The van der Waals surface area contributed by atoms with E-state index in [1.165, 1.54) is 13.1 Å². The smallest absolute Gasteiger partial charge is 0.375 e. The van der Waals surface area contributed by atoms with Gasteiger partial charge in [-0.25, -0.2) is 4.39 Å². The molecule has 0 saturated heterocycles.